The highest BCUT2D eigenvalue weighted by molar-refractivity contribution is 5.33. The van der Waals surface area contributed by atoms with Crippen molar-refractivity contribution >= 4 is 0 Å². The van der Waals surface area contributed by atoms with Crippen molar-refractivity contribution in [2.24, 2.45) is 0 Å². The van der Waals surface area contributed by atoms with Gasteiger partial charge in [0.2, 0.25) is 5.88 Å². The molecule has 4 nitrogen and oxygen atoms in total. The maximum atomic E-state index is 5.70. The van der Waals surface area contributed by atoms with Crippen LogP contribution in [0.1, 0.15) is 24.4 Å². The predicted molar refractivity (Wildman–Crippen MR) is 65.9 cm³/mol. The van der Waals surface area contributed by atoms with Gasteiger partial charge >= 0.3 is 0 Å². The Labute approximate surface area is 102 Å². The highest BCUT2D eigenvalue weighted by Gasteiger charge is 2.21. The van der Waals surface area contributed by atoms with Crippen LogP contribution in [0.15, 0.2) is 30.2 Å². The van der Waals surface area contributed by atoms with Crippen LogP contribution >= 0.6 is 0 Å². The van der Waals surface area contributed by atoms with Crippen molar-refractivity contribution in [2.75, 3.05) is 20.8 Å². The molecule has 2 heterocycles. The predicted octanol–water partition coefficient (Wildman–Crippen LogP) is 2.04. The number of ether oxygens (including phenoxy) is 2. The van der Waals surface area contributed by atoms with Gasteiger partial charge in [-0.15, -0.1) is 0 Å². The third-order valence-electron chi connectivity index (χ3n) is 2.84. The number of pyridine rings is 1. The smallest absolute Gasteiger partial charge is 0.218 e. The lowest BCUT2D eigenvalue weighted by Gasteiger charge is -2.24. The number of hydrogen-bond donors (Lipinski definition) is 1. The number of nitrogens with one attached hydrogen (secondary N) is 1. The fourth-order valence-electron chi connectivity index (χ4n) is 2.02. The topological polar surface area (TPSA) is 43.4 Å². The number of methoxy groups -OCH3 is 1. The molecule has 1 aromatic heterocycles. The van der Waals surface area contributed by atoms with Gasteiger partial charge < -0.3 is 14.8 Å². The molecule has 0 bridgehead atoms. The largest absolute Gasteiger partial charge is 0.496 e. The first-order chi connectivity index (χ1) is 8.36. The molecule has 0 aromatic carbocycles. The quantitative estimate of drug-likeness (QED) is 0.866. The average molecular weight is 234 g/mol. The van der Waals surface area contributed by atoms with Crippen LogP contribution < -0.4 is 10.1 Å². The molecule has 2 rings (SSSR count). The molecule has 1 aliphatic heterocycles. The summed E-state index contributed by atoms with van der Waals surface area (Å²) in [6, 6.07) is 3.93. The van der Waals surface area contributed by atoms with Gasteiger partial charge in [0, 0.05) is 11.8 Å². The summed E-state index contributed by atoms with van der Waals surface area (Å²) >= 11 is 0. The Bertz CT molecular complexity index is 404. The third kappa shape index (κ3) is 2.58. The highest BCUT2D eigenvalue weighted by Crippen LogP contribution is 2.30. The summed E-state index contributed by atoms with van der Waals surface area (Å²) in [7, 11) is 3.55. The number of nitrogens with zero attached hydrogens (tertiary/aromatic N) is 1. The molecule has 1 N–H and O–H groups in total. The van der Waals surface area contributed by atoms with Crippen LogP contribution in [0.3, 0.4) is 0 Å². The SMILES string of the molecule is CNC(C1=CCCCO1)c1cccnc1OC. The van der Waals surface area contributed by atoms with Gasteiger partial charge in [0.15, 0.2) is 0 Å². The minimum atomic E-state index is 0.0129. The van der Waals surface area contributed by atoms with Crippen LogP contribution in [0.5, 0.6) is 5.88 Å². The maximum Gasteiger partial charge on any atom is 0.218 e. The van der Waals surface area contributed by atoms with Crippen molar-refractivity contribution in [1.82, 2.24) is 10.3 Å². The highest BCUT2D eigenvalue weighted by atomic mass is 16.5. The zero-order valence-electron chi connectivity index (χ0n) is 10.3. The molecule has 0 amide bonds. The van der Waals surface area contributed by atoms with Crippen LogP contribution in [-0.2, 0) is 4.74 Å². The molecule has 0 aliphatic carbocycles. The number of likely N-dealkylation sites (N-methyl/N-ethyl adjacent to an activating group) is 1. The van der Waals surface area contributed by atoms with E-state index in [1.54, 1.807) is 13.3 Å². The molecule has 0 saturated carbocycles. The third-order valence-corrected chi connectivity index (χ3v) is 2.84. The Balaban J connectivity index is 2.31. The first kappa shape index (κ1) is 11.9. The summed E-state index contributed by atoms with van der Waals surface area (Å²) in [4.78, 5) is 4.22. The molecule has 4 heteroatoms. The monoisotopic (exact) mass is 234 g/mol. The molecule has 1 aliphatic rings. The Morgan fingerprint density at radius 1 is 1.53 bits per heavy atom. The lowest BCUT2D eigenvalue weighted by atomic mass is 10.0. The first-order valence-corrected chi connectivity index (χ1v) is 5.86. The van der Waals surface area contributed by atoms with E-state index in [0.29, 0.717) is 5.88 Å². The number of rotatable bonds is 4. The van der Waals surface area contributed by atoms with E-state index < -0.39 is 0 Å². The number of hydrogen-bond acceptors (Lipinski definition) is 4. The normalized spacial score (nSPS) is 16.9. The van der Waals surface area contributed by atoms with Gasteiger partial charge in [0.25, 0.3) is 0 Å². The van der Waals surface area contributed by atoms with Crippen LogP contribution in [-0.4, -0.2) is 25.7 Å². The summed E-state index contributed by atoms with van der Waals surface area (Å²) in [5, 5.41) is 3.25. The standard InChI is InChI=1S/C13H18N2O2/c1-14-12(11-7-3-4-9-17-11)10-6-5-8-15-13(10)16-2/h5-8,12,14H,3-4,9H2,1-2H3. The average Bonchev–Trinajstić information content (AvgIpc) is 2.41. The van der Waals surface area contributed by atoms with Crippen LogP contribution in [0.2, 0.25) is 0 Å². The summed E-state index contributed by atoms with van der Waals surface area (Å²) in [5.74, 6) is 1.60. The van der Waals surface area contributed by atoms with E-state index in [9.17, 15) is 0 Å². The second-order valence-electron chi connectivity index (χ2n) is 3.92. The molecule has 92 valence electrons. The molecular weight excluding hydrogens is 216 g/mol. The van der Waals surface area contributed by atoms with Gasteiger partial charge in [0.1, 0.15) is 5.76 Å². The van der Waals surface area contributed by atoms with Crippen LogP contribution in [0.25, 0.3) is 0 Å². The van der Waals surface area contributed by atoms with Gasteiger partial charge in [-0.1, -0.05) is 6.07 Å². The van der Waals surface area contributed by atoms with Gasteiger partial charge in [-0.05, 0) is 32.0 Å². The van der Waals surface area contributed by atoms with E-state index in [0.717, 1.165) is 30.8 Å². The van der Waals surface area contributed by atoms with Gasteiger partial charge in [-0.2, -0.15) is 0 Å². The number of aromatic nitrogens is 1. The van der Waals surface area contributed by atoms with Gasteiger partial charge in [0.05, 0.1) is 19.8 Å². The van der Waals surface area contributed by atoms with E-state index in [4.69, 9.17) is 9.47 Å². The number of allylic oxidation sites excluding steroid dienone is 1. The molecular formula is C13H18N2O2. The maximum absolute atomic E-state index is 5.70. The molecule has 0 saturated heterocycles. The van der Waals surface area contributed by atoms with Gasteiger partial charge in [-0.3, -0.25) is 0 Å². The molecule has 1 unspecified atom stereocenters. The van der Waals surface area contributed by atoms with E-state index >= 15 is 0 Å². The Kier molecular flexibility index (Phi) is 3.98. The van der Waals surface area contributed by atoms with Crippen LogP contribution in [0, 0.1) is 0 Å². The summed E-state index contributed by atoms with van der Waals surface area (Å²) in [6.45, 7) is 0.784. The fraction of sp³-hybridized carbons (Fsp3) is 0.462. The van der Waals surface area contributed by atoms with Crippen molar-refractivity contribution in [3.8, 4) is 5.88 Å². The first-order valence-electron chi connectivity index (χ1n) is 5.86. The molecule has 0 fully saturated rings. The summed E-state index contributed by atoms with van der Waals surface area (Å²) in [6.07, 6.45) is 6.02. The lowest BCUT2D eigenvalue weighted by Crippen LogP contribution is -2.22. The molecule has 1 atom stereocenters. The van der Waals surface area contributed by atoms with E-state index in [1.165, 1.54) is 0 Å². The summed E-state index contributed by atoms with van der Waals surface area (Å²) < 4.78 is 11.0. The lowest BCUT2D eigenvalue weighted by molar-refractivity contribution is 0.168. The fourth-order valence-corrected chi connectivity index (χ4v) is 2.02. The minimum Gasteiger partial charge on any atom is -0.496 e. The van der Waals surface area contributed by atoms with Crippen molar-refractivity contribution in [3.05, 3.63) is 35.7 Å². The zero-order valence-corrected chi connectivity index (χ0v) is 10.3. The van der Waals surface area contributed by atoms with Crippen molar-refractivity contribution in [1.29, 1.82) is 0 Å². The van der Waals surface area contributed by atoms with E-state index in [-0.39, 0.29) is 6.04 Å². The zero-order chi connectivity index (χ0) is 12.1. The summed E-state index contributed by atoms with van der Waals surface area (Å²) in [5.41, 5.74) is 1.01. The molecule has 1 aromatic rings. The Morgan fingerprint density at radius 3 is 3.06 bits per heavy atom. The van der Waals surface area contributed by atoms with E-state index in [1.807, 2.05) is 19.2 Å². The Hall–Kier alpha value is -1.55. The molecule has 0 radical (unpaired) electrons. The van der Waals surface area contributed by atoms with Crippen molar-refractivity contribution < 1.29 is 9.47 Å². The van der Waals surface area contributed by atoms with Crippen molar-refractivity contribution in [2.45, 2.75) is 18.9 Å². The molecule has 17 heavy (non-hydrogen) atoms. The van der Waals surface area contributed by atoms with Gasteiger partial charge in [-0.25, -0.2) is 4.98 Å². The second-order valence-corrected chi connectivity index (χ2v) is 3.92. The molecule has 0 spiro atoms. The van der Waals surface area contributed by atoms with Crippen molar-refractivity contribution in [3.63, 3.8) is 0 Å². The Morgan fingerprint density at radius 2 is 2.41 bits per heavy atom. The second kappa shape index (κ2) is 5.68. The minimum absolute atomic E-state index is 0.0129. The van der Waals surface area contributed by atoms with Crippen LogP contribution in [0.4, 0.5) is 0 Å². The van der Waals surface area contributed by atoms with E-state index in [2.05, 4.69) is 16.4 Å².